The highest BCUT2D eigenvalue weighted by Gasteiger charge is 2.25. The second-order valence-corrected chi connectivity index (χ2v) is 8.24. The van der Waals surface area contributed by atoms with E-state index in [2.05, 4.69) is 19.8 Å². The quantitative estimate of drug-likeness (QED) is 0.689. The highest BCUT2D eigenvalue weighted by molar-refractivity contribution is 7.92. The Morgan fingerprint density at radius 3 is 2.44 bits per heavy atom. The average Bonchev–Trinajstić information content (AvgIpc) is 3.09. The first kappa shape index (κ1) is 17.7. The zero-order chi connectivity index (χ0) is 19.0. The summed E-state index contributed by atoms with van der Waals surface area (Å²) in [6.45, 7) is 1.16. The Morgan fingerprint density at radius 1 is 1.15 bits per heavy atom. The van der Waals surface area contributed by atoms with Crippen LogP contribution < -0.4 is 9.62 Å². The summed E-state index contributed by atoms with van der Waals surface area (Å²) in [6.07, 6.45) is 3.57. The monoisotopic (exact) mass is 388 g/mol. The molecule has 4 rings (SSSR count). The van der Waals surface area contributed by atoms with Crippen LogP contribution in [0.25, 0.3) is 11.0 Å². The third-order valence-electron chi connectivity index (χ3n) is 4.54. The van der Waals surface area contributed by atoms with E-state index in [1.54, 1.807) is 13.1 Å². The van der Waals surface area contributed by atoms with Gasteiger partial charge in [0.1, 0.15) is 4.90 Å². The summed E-state index contributed by atoms with van der Waals surface area (Å²) in [4.78, 5) is 11.2. The van der Waals surface area contributed by atoms with Crippen LogP contribution in [0.4, 0.5) is 11.6 Å². The van der Waals surface area contributed by atoms with E-state index in [-0.39, 0.29) is 16.8 Å². The molecule has 1 fully saturated rings. The molecule has 1 aliphatic heterocycles. The molecule has 2 N–H and O–H groups in total. The minimum absolute atomic E-state index is 0.0555. The van der Waals surface area contributed by atoms with Gasteiger partial charge in [-0.3, -0.25) is 9.40 Å². The van der Waals surface area contributed by atoms with Crippen LogP contribution in [0.1, 0.15) is 12.8 Å². The van der Waals surface area contributed by atoms with Gasteiger partial charge in [0.25, 0.3) is 10.0 Å². The van der Waals surface area contributed by atoms with Crippen LogP contribution in [0.2, 0.25) is 0 Å². The highest BCUT2D eigenvalue weighted by Crippen LogP contribution is 2.29. The lowest BCUT2D eigenvalue weighted by atomic mass is 10.1. The van der Waals surface area contributed by atoms with Crippen molar-refractivity contribution in [2.75, 3.05) is 22.7 Å². The summed E-state index contributed by atoms with van der Waals surface area (Å²) in [7, 11) is -2.19. The molecule has 9 nitrogen and oxygen atoms in total. The van der Waals surface area contributed by atoms with Crippen LogP contribution in [-0.4, -0.2) is 52.5 Å². The van der Waals surface area contributed by atoms with E-state index in [1.165, 1.54) is 17.1 Å². The van der Waals surface area contributed by atoms with Gasteiger partial charge in [0.05, 0.1) is 23.3 Å². The van der Waals surface area contributed by atoms with Crippen molar-refractivity contribution in [1.29, 1.82) is 0 Å². The van der Waals surface area contributed by atoms with Gasteiger partial charge >= 0.3 is 0 Å². The molecule has 0 unspecified atom stereocenters. The Hall–Kier alpha value is -2.72. The molecule has 0 radical (unpaired) electrons. The number of fused-ring (bicyclic) bond motifs is 1. The third kappa shape index (κ3) is 3.58. The fraction of sp³-hybridized carbons (Fsp3) is 0.353. The number of rotatable bonds is 4. The molecule has 1 saturated heterocycles. The number of hydrogen-bond acceptors (Lipinski definition) is 7. The van der Waals surface area contributed by atoms with E-state index >= 15 is 0 Å². The van der Waals surface area contributed by atoms with Crippen molar-refractivity contribution >= 4 is 32.7 Å². The molecule has 3 heterocycles. The van der Waals surface area contributed by atoms with E-state index < -0.39 is 10.0 Å². The lowest BCUT2D eigenvalue weighted by molar-refractivity contribution is 0.145. The van der Waals surface area contributed by atoms with Crippen LogP contribution in [-0.2, 0) is 17.1 Å². The van der Waals surface area contributed by atoms with Crippen molar-refractivity contribution in [3.63, 3.8) is 0 Å². The Balaban J connectivity index is 1.77. The lowest BCUT2D eigenvalue weighted by Gasteiger charge is -2.31. The fourth-order valence-corrected chi connectivity index (χ4v) is 4.07. The van der Waals surface area contributed by atoms with E-state index in [9.17, 15) is 13.5 Å². The summed E-state index contributed by atoms with van der Waals surface area (Å²) in [5.74, 6) is 0.641. The Bertz CT molecular complexity index is 1070. The van der Waals surface area contributed by atoms with Gasteiger partial charge in [-0.15, -0.1) is 0 Å². The number of para-hydroxylation sites is 2. The Morgan fingerprint density at radius 2 is 1.81 bits per heavy atom. The van der Waals surface area contributed by atoms with Crippen molar-refractivity contribution in [2.45, 2.75) is 23.8 Å². The predicted octanol–water partition coefficient (Wildman–Crippen LogP) is 1.13. The van der Waals surface area contributed by atoms with Gasteiger partial charge in [-0.1, -0.05) is 12.1 Å². The standard InChI is InChI=1S/C17H20N6O3S/c1-22-11-13(10-18-22)27(25,26)21-16-17(23-8-6-12(24)7-9-23)20-15-5-3-2-4-14(15)19-16/h2-5,10-12,24H,6-9H2,1H3,(H,19,21). The maximum atomic E-state index is 12.7. The molecular formula is C17H20N6O3S. The zero-order valence-corrected chi connectivity index (χ0v) is 15.6. The van der Waals surface area contributed by atoms with Gasteiger partial charge in [-0.25, -0.2) is 18.4 Å². The van der Waals surface area contributed by atoms with Gasteiger partial charge in [0, 0.05) is 26.3 Å². The summed E-state index contributed by atoms with van der Waals surface area (Å²) >= 11 is 0. The molecule has 27 heavy (non-hydrogen) atoms. The topological polar surface area (TPSA) is 113 Å². The number of aromatic nitrogens is 4. The maximum Gasteiger partial charge on any atom is 0.266 e. The van der Waals surface area contributed by atoms with Crippen LogP contribution in [0.5, 0.6) is 0 Å². The predicted molar refractivity (Wildman–Crippen MR) is 101 cm³/mol. The first-order chi connectivity index (χ1) is 12.9. The third-order valence-corrected chi connectivity index (χ3v) is 5.83. The number of anilines is 2. The smallest absolute Gasteiger partial charge is 0.266 e. The molecule has 142 valence electrons. The first-order valence-electron chi connectivity index (χ1n) is 8.64. The zero-order valence-electron chi connectivity index (χ0n) is 14.8. The number of piperidine rings is 1. The molecule has 1 aromatic carbocycles. The van der Waals surface area contributed by atoms with Crippen molar-refractivity contribution in [1.82, 2.24) is 19.7 Å². The number of sulfonamides is 1. The summed E-state index contributed by atoms with van der Waals surface area (Å²) in [6, 6.07) is 7.31. The molecule has 2 aromatic heterocycles. The van der Waals surface area contributed by atoms with Crippen LogP contribution >= 0.6 is 0 Å². The maximum absolute atomic E-state index is 12.7. The lowest BCUT2D eigenvalue weighted by Crippen LogP contribution is -2.37. The summed E-state index contributed by atoms with van der Waals surface area (Å²) in [5.41, 5.74) is 1.28. The van der Waals surface area contributed by atoms with E-state index in [1.807, 2.05) is 23.1 Å². The Labute approximate surface area is 156 Å². The van der Waals surface area contributed by atoms with Crippen LogP contribution in [0.3, 0.4) is 0 Å². The molecule has 0 spiro atoms. The van der Waals surface area contributed by atoms with Crippen molar-refractivity contribution in [3.05, 3.63) is 36.7 Å². The number of nitrogens with zero attached hydrogens (tertiary/aromatic N) is 5. The number of aliphatic hydroxyl groups is 1. The van der Waals surface area contributed by atoms with Crippen LogP contribution in [0, 0.1) is 0 Å². The largest absolute Gasteiger partial charge is 0.393 e. The van der Waals surface area contributed by atoms with Crippen LogP contribution in [0.15, 0.2) is 41.6 Å². The molecule has 0 bridgehead atoms. The number of aryl methyl sites for hydroxylation is 1. The minimum Gasteiger partial charge on any atom is -0.393 e. The number of benzene rings is 1. The normalized spacial score (nSPS) is 16.0. The molecule has 3 aromatic rings. The molecular weight excluding hydrogens is 368 g/mol. The number of hydrogen-bond donors (Lipinski definition) is 2. The average molecular weight is 388 g/mol. The Kier molecular flexibility index (Phi) is 4.44. The van der Waals surface area contributed by atoms with Gasteiger partial charge < -0.3 is 10.0 Å². The van der Waals surface area contributed by atoms with E-state index in [4.69, 9.17) is 0 Å². The van der Waals surface area contributed by atoms with Gasteiger partial charge in [-0.05, 0) is 25.0 Å². The molecule has 0 atom stereocenters. The second-order valence-electron chi connectivity index (χ2n) is 6.56. The van der Waals surface area contributed by atoms with E-state index in [0.29, 0.717) is 42.8 Å². The SMILES string of the molecule is Cn1cc(S(=O)(=O)Nc2nc3ccccc3nc2N2CCC(O)CC2)cn1. The highest BCUT2D eigenvalue weighted by atomic mass is 32.2. The second kappa shape index (κ2) is 6.78. The molecule has 1 aliphatic rings. The van der Waals surface area contributed by atoms with Crippen molar-refractivity contribution < 1.29 is 13.5 Å². The first-order valence-corrected chi connectivity index (χ1v) is 10.1. The van der Waals surface area contributed by atoms with E-state index in [0.717, 1.165) is 0 Å². The molecule has 0 amide bonds. The van der Waals surface area contributed by atoms with Gasteiger partial charge in [-0.2, -0.15) is 5.10 Å². The molecule has 0 saturated carbocycles. The number of aliphatic hydroxyl groups excluding tert-OH is 1. The van der Waals surface area contributed by atoms with Crippen molar-refractivity contribution in [3.8, 4) is 0 Å². The van der Waals surface area contributed by atoms with Gasteiger partial charge in [0.15, 0.2) is 11.6 Å². The fourth-order valence-electron chi connectivity index (χ4n) is 3.08. The minimum atomic E-state index is -3.84. The summed E-state index contributed by atoms with van der Waals surface area (Å²) in [5, 5.41) is 13.7. The van der Waals surface area contributed by atoms with Crippen molar-refractivity contribution in [2.24, 2.45) is 7.05 Å². The summed E-state index contributed by atoms with van der Waals surface area (Å²) < 4.78 is 29.5. The molecule has 0 aliphatic carbocycles. The molecule has 10 heteroatoms. The number of nitrogens with one attached hydrogen (secondary N) is 1. The van der Waals surface area contributed by atoms with Gasteiger partial charge in [0.2, 0.25) is 0 Å².